The summed E-state index contributed by atoms with van der Waals surface area (Å²) in [5.74, 6) is -1.16. The van der Waals surface area contributed by atoms with E-state index in [0.29, 0.717) is 24.1 Å². The molecule has 1 saturated carbocycles. The molecular weight excluding hydrogens is 320 g/mol. The molecule has 0 radical (unpaired) electrons. The van der Waals surface area contributed by atoms with Crippen LogP contribution in [0.4, 0.5) is 5.69 Å². The van der Waals surface area contributed by atoms with Gasteiger partial charge in [-0.25, -0.2) is 0 Å². The second-order valence-corrected chi connectivity index (χ2v) is 6.23. The normalized spacial score (nSPS) is 19.4. The number of rotatable bonds is 4. The molecule has 2 unspecified atom stereocenters. The Morgan fingerprint density at radius 3 is 2.64 bits per heavy atom. The predicted molar refractivity (Wildman–Crippen MR) is 92.3 cm³/mol. The largest absolute Gasteiger partial charge is 0.349 e. The molecule has 1 aliphatic rings. The fourth-order valence-corrected chi connectivity index (χ4v) is 3.09. The van der Waals surface area contributed by atoms with Gasteiger partial charge in [-0.1, -0.05) is 18.9 Å². The van der Waals surface area contributed by atoms with Crippen LogP contribution in [0.3, 0.4) is 0 Å². The van der Waals surface area contributed by atoms with E-state index in [0.717, 1.165) is 17.7 Å². The predicted octanol–water partition coefficient (Wildman–Crippen LogP) is 1.87. The van der Waals surface area contributed by atoms with Crippen LogP contribution in [0.15, 0.2) is 24.3 Å². The van der Waals surface area contributed by atoms with Crippen LogP contribution in [0.1, 0.15) is 43.0 Å². The third-order valence-corrected chi connectivity index (χ3v) is 4.33. The number of benzene rings is 1. The average molecular weight is 342 g/mol. The van der Waals surface area contributed by atoms with Crippen LogP contribution in [0, 0.1) is 17.4 Å². The first kappa shape index (κ1) is 18.5. The molecule has 2 atom stereocenters. The van der Waals surface area contributed by atoms with Gasteiger partial charge in [0.05, 0.1) is 5.92 Å². The lowest BCUT2D eigenvalue weighted by Gasteiger charge is -2.32. The molecule has 1 aliphatic carbocycles. The highest BCUT2D eigenvalue weighted by Gasteiger charge is 2.34. The Kier molecular flexibility index (Phi) is 6.12. The van der Waals surface area contributed by atoms with Crippen LogP contribution in [0.2, 0.25) is 0 Å². The lowest BCUT2D eigenvalue weighted by atomic mass is 9.83. The summed E-state index contributed by atoms with van der Waals surface area (Å²) in [6.45, 7) is 1.40. The molecule has 0 heterocycles. The molecule has 1 aromatic carbocycles. The fraction of sp³-hybridized carbons (Fsp3) is 0.444. The lowest BCUT2D eigenvalue weighted by molar-refractivity contribution is -0.133. The molecule has 7 heteroatoms. The molecule has 0 aromatic heterocycles. The molecule has 1 fully saturated rings. The smallest absolute Gasteiger partial charge is 0.251 e. The van der Waals surface area contributed by atoms with Gasteiger partial charge in [-0.3, -0.25) is 19.3 Å². The van der Waals surface area contributed by atoms with Gasteiger partial charge in [0.25, 0.3) is 5.91 Å². The van der Waals surface area contributed by atoms with Crippen LogP contribution in [0.5, 0.6) is 0 Å². The molecule has 132 valence electrons. The third kappa shape index (κ3) is 4.80. The Hall–Kier alpha value is -2.88. The minimum atomic E-state index is -0.388. The average Bonchev–Trinajstić information content (AvgIpc) is 2.60. The van der Waals surface area contributed by atoms with Crippen molar-refractivity contribution in [2.75, 3.05) is 12.4 Å². The Bertz CT molecular complexity index is 711. The van der Waals surface area contributed by atoms with Crippen molar-refractivity contribution in [2.24, 2.45) is 5.92 Å². The Morgan fingerprint density at radius 1 is 1.24 bits per heavy atom. The van der Waals surface area contributed by atoms with Crippen LogP contribution in [-0.2, 0) is 9.59 Å². The molecule has 7 nitrogen and oxygen atoms in total. The SMILES string of the molecule is CC(=O)Nc1cccc(C(=O)NC2CCCCC2C(=O)N(C)C#N)c1. The molecule has 25 heavy (non-hydrogen) atoms. The van der Waals surface area contributed by atoms with Gasteiger partial charge in [0.15, 0.2) is 6.19 Å². The van der Waals surface area contributed by atoms with Crippen molar-refractivity contribution in [2.45, 2.75) is 38.6 Å². The van der Waals surface area contributed by atoms with E-state index in [1.54, 1.807) is 24.3 Å². The monoisotopic (exact) mass is 342 g/mol. The van der Waals surface area contributed by atoms with Gasteiger partial charge in [0.1, 0.15) is 0 Å². The van der Waals surface area contributed by atoms with Crippen LogP contribution in [0.25, 0.3) is 0 Å². The molecule has 0 aliphatic heterocycles. The summed E-state index contributed by atoms with van der Waals surface area (Å²) in [7, 11) is 1.44. The highest BCUT2D eigenvalue weighted by molar-refractivity contribution is 5.97. The number of amides is 3. The molecule has 2 N–H and O–H groups in total. The summed E-state index contributed by atoms with van der Waals surface area (Å²) in [6, 6.07) is 6.34. The van der Waals surface area contributed by atoms with Gasteiger partial charge >= 0.3 is 0 Å². The summed E-state index contributed by atoms with van der Waals surface area (Å²) >= 11 is 0. The van der Waals surface area contributed by atoms with Crippen molar-refractivity contribution in [3.05, 3.63) is 29.8 Å². The van der Waals surface area contributed by atoms with E-state index in [1.807, 2.05) is 6.19 Å². The number of nitrogens with one attached hydrogen (secondary N) is 2. The summed E-state index contributed by atoms with van der Waals surface area (Å²) < 4.78 is 0. The number of nitriles is 1. The topological polar surface area (TPSA) is 102 Å². The summed E-state index contributed by atoms with van der Waals surface area (Å²) in [5.41, 5.74) is 0.956. The van der Waals surface area contributed by atoms with Gasteiger partial charge in [-0.2, -0.15) is 5.26 Å². The van der Waals surface area contributed by atoms with E-state index in [1.165, 1.54) is 14.0 Å². The highest BCUT2D eigenvalue weighted by Crippen LogP contribution is 2.26. The Labute approximate surface area is 147 Å². The zero-order chi connectivity index (χ0) is 18.4. The highest BCUT2D eigenvalue weighted by atomic mass is 16.2. The summed E-state index contributed by atoms with van der Waals surface area (Å²) in [6.07, 6.45) is 5.01. The first-order chi connectivity index (χ1) is 11.9. The second kappa shape index (κ2) is 8.29. The van der Waals surface area contributed by atoms with Crippen molar-refractivity contribution in [1.82, 2.24) is 10.2 Å². The maximum atomic E-state index is 12.5. The summed E-state index contributed by atoms with van der Waals surface area (Å²) in [4.78, 5) is 37.0. The Balaban J connectivity index is 2.11. The molecule has 0 saturated heterocycles. The van der Waals surface area contributed by atoms with Crippen molar-refractivity contribution < 1.29 is 14.4 Å². The molecular formula is C18H22N4O3. The van der Waals surface area contributed by atoms with Crippen molar-refractivity contribution >= 4 is 23.4 Å². The zero-order valence-electron chi connectivity index (χ0n) is 14.4. The van der Waals surface area contributed by atoms with Gasteiger partial charge in [-0.05, 0) is 31.0 Å². The fourth-order valence-electron chi connectivity index (χ4n) is 3.09. The van der Waals surface area contributed by atoms with E-state index in [-0.39, 0.29) is 29.7 Å². The summed E-state index contributed by atoms with van der Waals surface area (Å²) in [5, 5.41) is 14.5. The number of hydrogen-bond acceptors (Lipinski definition) is 4. The zero-order valence-corrected chi connectivity index (χ0v) is 14.4. The molecule has 1 aromatic rings. The second-order valence-electron chi connectivity index (χ2n) is 6.23. The third-order valence-electron chi connectivity index (χ3n) is 4.33. The van der Waals surface area contributed by atoms with Crippen molar-refractivity contribution in [3.63, 3.8) is 0 Å². The van der Waals surface area contributed by atoms with E-state index in [2.05, 4.69) is 10.6 Å². The number of hydrogen-bond donors (Lipinski definition) is 2. The molecule has 0 bridgehead atoms. The van der Waals surface area contributed by atoms with Crippen molar-refractivity contribution in [1.29, 1.82) is 5.26 Å². The molecule has 3 amide bonds. The molecule has 2 rings (SSSR count). The number of carbonyl (C=O) groups excluding carboxylic acids is 3. The first-order valence-corrected chi connectivity index (χ1v) is 8.28. The number of nitrogens with zero attached hydrogens (tertiary/aromatic N) is 2. The Morgan fingerprint density at radius 2 is 1.96 bits per heavy atom. The van der Waals surface area contributed by atoms with Crippen molar-refractivity contribution in [3.8, 4) is 6.19 Å². The standard InChI is InChI=1S/C18H22N4O3/c1-12(23)20-14-7-5-6-13(10-14)17(24)21-16-9-4-3-8-15(16)18(25)22(2)11-19/h5-7,10,15-16H,3-4,8-9H2,1-2H3,(H,20,23)(H,21,24). The maximum absolute atomic E-state index is 12.5. The quantitative estimate of drug-likeness (QED) is 0.644. The maximum Gasteiger partial charge on any atom is 0.251 e. The van der Waals surface area contributed by atoms with Gasteiger partial charge in [-0.15, -0.1) is 0 Å². The lowest BCUT2D eigenvalue weighted by Crippen LogP contribution is -2.48. The minimum absolute atomic E-state index is 0.213. The van der Waals surface area contributed by atoms with Gasteiger partial charge in [0, 0.05) is 31.3 Å². The van der Waals surface area contributed by atoms with Crippen LogP contribution >= 0.6 is 0 Å². The first-order valence-electron chi connectivity index (χ1n) is 8.28. The van der Waals surface area contributed by atoms with E-state index >= 15 is 0 Å². The van der Waals surface area contributed by atoms with E-state index < -0.39 is 0 Å². The van der Waals surface area contributed by atoms with Crippen LogP contribution < -0.4 is 10.6 Å². The number of carbonyl (C=O) groups is 3. The van der Waals surface area contributed by atoms with Crippen LogP contribution in [-0.4, -0.2) is 35.7 Å². The van der Waals surface area contributed by atoms with E-state index in [9.17, 15) is 14.4 Å². The number of anilines is 1. The minimum Gasteiger partial charge on any atom is -0.349 e. The van der Waals surface area contributed by atoms with Gasteiger partial charge < -0.3 is 10.6 Å². The van der Waals surface area contributed by atoms with Gasteiger partial charge in [0.2, 0.25) is 11.8 Å². The molecule has 0 spiro atoms. The van der Waals surface area contributed by atoms with E-state index in [4.69, 9.17) is 5.26 Å².